The lowest BCUT2D eigenvalue weighted by molar-refractivity contribution is 0.0528. The fourth-order valence-electron chi connectivity index (χ4n) is 3.13. The van der Waals surface area contributed by atoms with E-state index in [0.29, 0.717) is 23.0 Å². The second-order valence-corrected chi connectivity index (χ2v) is 6.43. The van der Waals surface area contributed by atoms with Crippen LogP contribution in [0.15, 0.2) is 42.5 Å². The molecular weight excluding hydrogens is 365 g/mol. The van der Waals surface area contributed by atoms with Gasteiger partial charge in [0.05, 0.1) is 19.4 Å². The molecule has 1 atom stereocenters. The highest BCUT2D eigenvalue weighted by molar-refractivity contribution is 6.05. The van der Waals surface area contributed by atoms with Crippen LogP contribution in [0.5, 0.6) is 11.5 Å². The van der Waals surface area contributed by atoms with Gasteiger partial charge in [0.1, 0.15) is 24.3 Å². The average Bonchev–Trinajstić information content (AvgIpc) is 3.24. The summed E-state index contributed by atoms with van der Waals surface area (Å²) in [6, 6.07) is 11.8. The molecule has 146 valence electrons. The van der Waals surface area contributed by atoms with Crippen molar-refractivity contribution in [3.63, 3.8) is 0 Å². The van der Waals surface area contributed by atoms with Crippen LogP contribution in [0, 0.1) is 5.82 Å². The van der Waals surface area contributed by atoms with Crippen LogP contribution < -0.4 is 14.8 Å². The number of aliphatic hydroxyl groups is 2. The molecule has 0 bridgehead atoms. The Balaban J connectivity index is 1.69. The Morgan fingerprint density at radius 1 is 1.14 bits per heavy atom. The molecule has 0 amide bonds. The van der Waals surface area contributed by atoms with Gasteiger partial charge in [-0.05, 0) is 41.8 Å². The van der Waals surface area contributed by atoms with Crippen molar-refractivity contribution in [3.8, 4) is 22.8 Å². The lowest BCUT2D eigenvalue weighted by Crippen LogP contribution is -2.21. The Hall–Kier alpha value is -3.23. The first-order chi connectivity index (χ1) is 13.6. The molecule has 2 aromatic carbocycles. The lowest BCUT2D eigenvalue weighted by atomic mass is 10.2. The molecule has 5 N–H and O–H groups in total. The number of anilines is 2. The van der Waals surface area contributed by atoms with E-state index in [1.54, 1.807) is 12.1 Å². The number of ether oxygens (including phenoxy) is 2. The highest BCUT2D eigenvalue weighted by Crippen LogP contribution is 2.42. The number of nitrogens with one attached hydrogen (secondary N) is 3. The maximum atomic E-state index is 13.4. The quantitative estimate of drug-likeness (QED) is 0.336. The molecule has 8 heteroatoms. The van der Waals surface area contributed by atoms with Crippen LogP contribution in [-0.2, 0) is 0 Å². The summed E-state index contributed by atoms with van der Waals surface area (Å²) in [6.07, 6.45) is -0.966. The molecule has 0 spiro atoms. The number of methoxy groups -OCH3 is 1. The number of aromatic nitrogens is 2. The highest BCUT2D eigenvalue weighted by Gasteiger charge is 2.20. The standard InChI is InChI=1S/C20H20FN3O4/c1-27-17-8-15-11(6-18(17)28-10-14(26)9-25)5-16-19(15)23-24-20(16)22-13-4-2-3-12(21)7-13/h2-8,14,22-26H,9-10H2,1H3. The van der Waals surface area contributed by atoms with Gasteiger partial charge in [0.2, 0.25) is 0 Å². The fourth-order valence-corrected chi connectivity index (χ4v) is 3.13. The molecule has 7 nitrogen and oxygen atoms in total. The molecule has 0 saturated carbocycles. The largest absolute Gasteiger partial charge is 0.493 e. The van der Waals surface area contributed by atoms with Gasteiger partial charge in [-0.15, -0.1) is 0 Å². The van der Waals surface area contributed by atoms with Gasteiger partial charge in [0.15, 0.2) is 11.5 Å². The van der Waals surface area contributed by atoms with Crippen molar-refractivity contribution >= 4 is 22.3 Å². The minimum Gasteiger partial charge on any atom is -0.493 e. The minimum absolute atomic E-state index is 0.0445. The topological polar surface area (TPSA) is 103 Å². The van der Waals surface area contributed by atoms with Crippen LogP contribution in [-0.4, -0.2) is 46.8 Å². The molecule has 2 aliphatic rings. The molecule has 1 unspecified atom stereocenters. The summed E-state index contributed by atoms with van der Waals surface area (Å²) in [5.41, 5.74) is 2.39. The van der Waals surface area contributed by atoms with E-state index < -0.39 is 6.10 Å². The average molecular weight is 385 g/mol. The fraction of sp³-hybridized carbons (Fsp3) is 0.200. The van der Waals surface area contributed by atoms with Crippen molar-refractivity contribution in [2.75, 3.05) is 25.6 Å². The third kappa shape index (κ3) is 3.35. The van der Waals surface area contributed by atoms with Crippen LogP contribution in [0.3, 0.4) is 0 Å². The van der Waals surface area contributed by atoms with E-state index in [2.05, 4.69) is 15.5 Å². The Kier molecular flexibility index (Phi) is 4.81. The summed E-state index contributed by atoms with van der Waals surface area (Å²) in [4.78, 5) is 0. The number of rotatable bonds is 7. The second kappa shape index (κ2) is 7.41. The van der Waals surface area contributed by atoms with Crippen LogP contribution >= 0.6 is 0 Å². The maximum Gasteiger partial charge on any atom is 0.161 e. The van der Waals surface area contributed by atoms with E-state index in [0.717, 1.165) is 22.0 Å². The van der Waals surface area contributed by atoms with E-state index in [-0.39, 0.29) is 19.0 Å². The van der Waals surface area contributed by atoms with Crippen molar-refractivity contribution < 1.29 is 24.1 Å². The van der Waals surface area contributed by atoms with Gasteiger partial charge in [0.25, 0.3) is 0 Å². The molecule has 2 aromatic rings. The number of fused-ring (bicyclic) bond motifs is 3. The smallest absolute Gasteiger partial charge is 0.161 e. The first-order valence-corrected chi connectivity index (χ1v) is 8.74. The van der Waals surface area contributed by atoms with Crippen LogP contribution in [0.4, 0.5) is 15.9 Å². The number of hydrogen-bond donors (Lipinski definition) is 5. The van der Waals surface area contributed by atoms with Crippen molar-refractivity contribution in [3.05, 3.63) is 48.3 Å². The minimum atomic E-state index is -0.966. The summed E-state index contributed by atoms with van der Waals surface area (Å²) >= 11 is 0. The zero-order valence-corrected chi connectivity index (χ0v) is 15.1. The third-order valence-electron chi connectivity index (χ3n) is 4.49. The van der Waals surface area contributed by atoms with E-state index in [4.69, 9.17) is 14.6 Å². The van der Waals surface area contributed by atoms with Crippen molar-refractivity contribution in [1.29, 1.82) is 0 Å². The number of benzene rings is 2. The summed E-state index contributed by atoms with van der Waals surface area (Å²) in [5.74, 6) is 1.37. The number of halogens is 1. The number of aliphatic hydroxyl groups excluding tert-OH is 2. The Morgan fingerprint density at radius 2 is 2.00 bits per heavy atom. The number of H-pyrrole nitrogens is 2. The predicted octanol–water partition coefficient (Wildman–Crippen LogP) is 3.22. The summed E-state index contributed by atoms with van der Waals surface area (Å²) in [6.45, 7) is -0.425. The Labute approximate surface area is 160 Å². The first-order valence-electron chi connectivity index (χ1n) is 8.74. The van der Waals surface area contributed by atoms with Gasteiger partial charge in [0, 0.05) is 16.6 Å². The monoisotopic (exact) mass is 385 g/mol. The van der Waals surface area contributed by atoms with E-state index >= 15 is 0 Å². The van der Waals surface area contributed by atoms with Crippen LogP contribution in [0.2, 0.25) is 0 Å². The van der Waals surface area contributed by atoms with Gasteiger partial charge in [-0.2, -0.15) is 0 Å². The van der Waals surface area contributed by atoms with Crippen molar-refractivity contribution in [1.82, 2.24) is 10.2 Å². The molecular formula is C20H20FN3O4. The van der Waals surface area contributed by atoms with Crippen LogP contribution in [0.1, 0.15) is 0 Å². The molecule has 0 saturated heterocycles. The maximum absolute atomic E-state index is 13.4. The molecule has 1 heterocycles. The second-order valence-electron chi connectivity index (χ2n) is 6.43. The predicted molar refractivity (Wildman–Crippen MR) is 104 cm³/mol. The van der Waals surface area contributed by atoms with Gasteiger partial charge < -0.3 is 25.0 Å². The zero-order valence-electron chi connectivity index (χ0n) is 15.1. The van der Waals surface area contributed by atoms with Crippen LogP contribution in [0.25, 0.3) is 22.0 Å². The summed E-state index contributed by atoms with van der Waals surface area (Å²) < 4.78 is 24.4. The zero-order chi connectivity index (χ0) is 19.7. The van der Waals surface area contributed by atoms with Gasteiger partial charge in [-0.25, -0.2) is 4.39 Å². The molecule has 0 aromatic heterocycles. The SMILES string of the molecule is COc1cc2c3[nH][nH]c(Nc4cccc(F)c4)c-3cc2cc1OCC(O)CO. The number of hydrogen-bond acceptors (Lipinski definition) is 5. The lowest BCUT2D eigenvalue weighted by Gasteiger charge is -2.13. The molecule has 1 aliphatic carbocycles. The third-order valence-corrected chi connectivity index (χ3v) is 4.49. The number of aromatic amines is 2. The highest BCUT2D eigenvalue weighted by atomic mass is 19.1. The molecule has 0 fully saturated rings. The van der Waals surface area contributed by atoms with E-state index in [1.807, 2.05) is 18.2 Å². The van der Waals surface area contributed by atoms with E-state index in [9.17, 15) is 9.50 Å². The Bertz CT molecular complexity index is 1070. The molecule has 4 rings (SSSR count). The first kappa shape index (κ1) is 18.1. The van der Waals surface area contributed by atoms with Gasteiger partial charge in [-0.3, -0.25) is 10.2 Å². The normalized spacial score (nSPS) is 12.4. The summed E-state index contributed by atoms with van der Waals surface area (Å²) in [5, 5.41) is 29.6. The molecule has 1 aliphatic heterocycles. The van der Waals surface area contributed by atoms with Gasteiger partial charge in [-0.1, -0.05) is 6.07 Å². The van der Waals surface area contributed by atoms with Crippen molar-refractivity contribution in [2.45, 2.75) is 6.10 Å². The summed E-state index contributed by atoms with van der Waals surface area (Å²) in [7, 11) is 1.54. The molecule has 28 heavy (non-hydrogen) atoms. The van der Waals surface area contributed by atoms with Crippen molar-refractivity contribution in [2.24, 2.45) is 0 Å². The molecule has 0 radical (unpaired) electrons. The Morgan fingerprint density at radius 3 is 2.75 bits per heavy atom. The van der Waals surface area contributed by atoms with Gasteiger partial charge >= 0.3 is 0 Å². The van der Waals surface area contributed by atoms with E-state index in [1.165, 1.54) is 19.2 Å².